The second-order valence-corrected chi connectivity index (χ2v) is 7.09. The van der Waals surface area contributed by atoms with Crippen LogP contribution >= 0.6 is 0 Å². The number of pyridine rings is 1. The third-order valence-corrected chi connectivity index (χ3v) is 5.19. The lowest BCUT2D eigenvalue weighted by Crippen LogP contribution is -2.28. The van der Waals surface area contributed by atoms with E-state index in [-0.39, 0.29) is 5.82 Å². The molecule has 5 rings (SSSR count). The smallest absolute Gasteiger partial charge is 0.173 e. The van der Waals surface area contributed by atoms with Gasteiger partial charge >= 0.3 is 0 Å². The van der Waals surface area contributed by atoms with Gasteiger partial charge in [-0.25, -0.2) is 9.37 Å². The van der Waals surface area contributed by atoms with Crippen molar-refractivity contribution < 1.29 is 4.39 Å². The number of halogens is 1. The summed E-state index contributed by atoms with van der Waals surface area (Å²) in [4.78, 5) is 4.56. The van der Waals surface area contributed by atoms with E-state index in [0.29, 0.717) is 11.6 Å². The van der Waals surface area contributed by atoms with E-state index < -0.39 is 0 Å². The molecule has 1 atom stereocenters. The van der Waals surface area contributed by atoms with Crippen molar-refractivity contribution in [3.8, 4) is 11.1 Å². The van der Waals surface area contributed by atoms with Gasteiger partial charge in [0.05, 0.1) is 11.2 Å². The molecule has 0 bridgehead atoms. The van der Waals surface area contributed by atoms with E-state index in [0.717, 1.165) is 53.7 Å². The Balaban J connectivity index is 1.58. The monoisotopic (exact) mass is 349 g/mol. The molecule has 132 valence electrons. The van der Waals surface area contributed by atoms with Gasteiger partial charge in [0.15, 0.2) is 11.5 Å². The van der Waals surface area contributed by atoms with Gasteiger partial charge in [0.25, 0.3) is 0 Å². The van der Waals surface area contributed by atoms with Gasteiger partial charge in [-0.2, -0.15) is 5.10 Å². The molecule has 0 amide bonds. The molecule has 1 fully saturated rings. The van der Waals surface area contributed by atoms with E-state index in [1.165, 1.54) is 0 Å². The molecule has 0 spiro atoms. The molecule has 1 aliphatic heterocycles. The summed E-state index contributed by atoms with van der Waals surface area (Å²) in [5, 5.41) is 8.84. The van der Waals surface area contributed by atoms with Gasteiger partial charge in [0, 0.05) is 49.1 Å². The van der Waals surface area contributed by atoms with E-state index in [2.05, 4.69) is 15.4 Å². The number of aromatic nitrogens is 4. The van der Waals surface area contributed by atoms with Crippen LogP contribution < -0.4 is 5.32 Å². The zero-order valence-electron chi connectivity index (χ0n) is 14.6. The second-order valence-electron chi connectivity index (χ2n) is 7.09. The molecule has 1 N–H and O–H groups in total. The number of benzene rings is 1. The highest BCUT2D eigenvalue weighted by molar-refractivity contribution is 5.84. The maximum atomic E-state index is 14.7. The summed E-state index contributed by atoms with van der Waals surface area (Å²) in [6.45, 7) is 1.97. The molecular weight excluding hydrogens is 329 g/mol. The zero-order valence-corrected chi connectivity index (χ0v) is 14.6. The average molecular weight is 349 g/mol. The summed E-state index contributed by atoms with van der Waals surface area (Å²) in [6, 6.07) is 7.58. The molecule has 6 heteroatoms. The van der Waals surface area contributed by atoms with Gasteiger partial charge in [-0.05, 0) is 43.1 Å². The van der Waals surface area contributed by atoms with Crippen LogP contribution in [0.4, 0.5) is 4.39 Å². The molecule has 4 aromatic rings. The summed E-state index contributed by atoms with van der Waals surface area (Å²) in [6.07, 6.45) is 8.14. The molecule has 0 saturated carbocycles. The maximum absolute atomic E-state index is 14.7. The van der Waals surface area contributed by atoms with E-state index in [1.54, 1.807) is 10.7 Å². The number of fused-ring (bicyclic) bond motifs is 2. The van der Waals surface area contributed by atoms with Crippen LogP contribution in [0.25, 0.3) is 27.7 Å². The summed E-state index contributed by atoms with van der Waals surface area (Å²) >= 11 is 0. The molecule has 1 aromatic carbocycles. The first kappa shape index (κ1) is 15.5. The topological polar surface area (TPSA) is 47.2 Å². The second kappa shape index (κ2) is 5.92. The third kappa shape index (κ3) is 2.57. The van der Waals surface area contributed by atoms with E-state index in [9.17, 15) is 4.39 Å². The Labute approximate surface area is 150 Å². The van der Waals surface area contributed by atoms with Crippen LogP contribution in [0.15, 0.2) is 42.9 Å². The molecule has 3 aromatic heterocycles. The normalized spacial score (nSPS) is 18.0. The Morgan fingerprint density at radius 1 is 1.15 bits per heavy atom. The first-order valence-corrected chi connectivity index (χ1v) is 9.00. The Kier molecular flexibility index (Phi) is 3.53. The van der Waals surface area contributed by atoms with Gasteiger partial charge in [-0.1, -0.05) is 6.07 Å². The van der Waals surface area contributed by atoms with Crippen molar-refractivity contribution in [2.75, 3.05) is 13.1 Å². The number of piperidine rings is 1. The number of hydrogen-bond donors (Lipinski definition) is 1. The van der Waals surface area contributed by atoms with Crippen molar-refractivity contribution in [2.45, 2.75) is 18.8 Å². The zero-order chi connectivity index (χ0) is 17.7. The van der Waals surface area contributed by atoms with Gasteiger partial charge in [0.1, 0.15) is 0 Å². The first-order valence-electron chi connectivity index (χ1n) is 9.00. The molecule has 1 aliphatic rings. The predicted octanol–water partition coefficient (Wildman–Crippen LogP) is 3.49. The summed E-state index contributed by atoms with van der Waals surface area (Å²) in [5.74, 6) is 0.0713. The highest BCUT2D eigenvalue weighted by Gasteiger charge is 2.19. The number of imidazole rings is 1. The Hall–Kier alpha value is -2.73. The molecule has 4 heterocycles. The number of aryl methyl sites for hydroxylation is 1. The quantitative estimate of drug-likeness (QED) is 0.603. The standard InChI is InChI=1S/C20H20FN5/c1-25-10-16-7-13(4-5-18(16)24-25)15-8-17(21)20-23-19(12-26(20)11-15)14-3-2-6-22-9-14/h4-5,7-8,10-12,14,22H,2-3,6,9H2,1H3. The molecular formula is C20H20FN5. The fraction of sp³-hybridized carbons (Fsp3) is 0.300. The van der Waals surface area contributed by atoms with Gasteiger partial charge < -0.3 is 9.72 Å². The first-order chi connectivity index (χ1) is 12.7. The van der Waals surface area contributed by atoms with Crippen molar-refractivity contribution in [3.05, 3.63) is 54.4 Å². The van der Waals surface area contributed by atoms with Crippen molar-refractivity contribution in [1.82, 2.24) is 24.5 Å². The van der Waals surface area contributed by atoms with Crippen LogP contribution in [0.2, 0.25) is 0 Å². The van der Waals surface area contributed by atoms with Crippen molar-refractivity contribution >= 4 is 16.6 Å². The van der Waals surface area contributed by atoms with Crippen molar-refractivity contribution in [2.24, 2.45) is 7.05 Å². The van der Waals surface area contributed by atoms with Crippen molar-refractivity contribution in [3.63, 3.8) is 0 Å². The van der Waals surface area contributed by atoms with Crippen LogP contribution in [0, 0.1) is 5.82 Å². The SMILES string of the molecule is Cn1cc2cc(-c3cc(F)c4nc(C5CCCNC5)cn4c3)ccc2n1. The number of rotatable bonds is 2. The minimum atomic E-state index is -0.288. The van der Waals surface area contributed by atoms with Crippen LogP contribution in [0.5, 0.6) is 0 Å². The van der Waals surface area contributed by atoms with Crippen LogP contribution in [0.3, 0.4) is 0 Å². The van der Waals surface area contributed by atoms with Gasteiger partial charge in [-0.15, -0.1) is 0 Å². The lowest BCUT2D eigenvalue weighted by Gasteiger charge is -2.20. The fourth-order valence-corrected chi connectivity index (χ4v) is 3.86. The Bertz CT molecular complexity index is 1100. The number of hydrogen-bond acceptors (Lipinski definition) is 3. The maximum Gasteiger partial charge on any atom is 0.173 e. The van der Waals surface area contributed by atoms with Crippen LogP contribution in [-0.2, 0) is 7.05 Å². The number of nitrogens with one attached hydrogen (secondary N) is 1. The highest BCUT2D eigenvalue weighted by atomic mass is 19.1. The van der Waals surface area contributed by atoms with E-state index in [1.807, 2.05) is 48.2 Å². The predicted molar refractivity (Wildman–Crippen MR) is 99.7 cm³/mol. The summed E-state index contributed by atoms with van der Waals surface area (Å²) in [7, 11) is 1.90. The molecule has 26 heavy (non-hydrogen) atoms. The fourth-order valence-electron chi connectivity index (χ4n) is 3.86. The Morgan fingerprint density at radius 2 is 2.08 bits per heavy atom. The largest absolute Gasteiger partial charge is 0.316 e. The minimum absolute atomic E-state index is 0.288. The lowest BCUT2D eigenvalue weighted by molar-refractivity contribution is 0.456. The summed E-state index contributed by atoms with van der Waals surface area (Å²) < 4.78 is 18.3. The van der Waals surface area contributed by atoms with E-state index in [4.69, 9.17) is 0 Å². The lowest BCUT2D eigenvalue weighted by atomic mass is 9.97. The van der Waals surface area contributed by atoms with Gasteiger partial charge in [-0.3, -0.25) is 4.68 Å². The molecule has 1 saturated heterocycles. The van der Waals surface area contributed by atoms with Gasteiger partial charge in [0.2, 0.25) is 0 Å². The van der Waals surface area contributed by atoms with Crippen LogP contribution in [-0.4, -0.2) is 32.3 Å². The molecule has 0 aliphatic carbocycles. The third-order valence-electron chi connectivity index (χ3n) is 5.19. The van der Waals surface area contributed by atoms with Crippen LogP contribution in [0.1, 0.15) is 24.5 Å². The Morgan fingerprint density at radius 3 is 2.92 bits per heavy atom. The highest BCUT2D eigenvalue weighted by Crippen LogP contribution is 2.28. The van der Waals surface area contributed by atoms with E-state index >= 15 is 0 Å². The average Bonchev–Trinajstić information content (AvgIpc) is 3.24. The molecule has 5 nitrogen and oxygen atoms in total. The molecule has 1 unspecified atom stereocenters. The molecule has 0 radical (unpaired) electrons. The summed E-state index contributed by atoms with van der Waals surface area (Å²) in [5.41, 5.74) is 4.12. The number of nitrogens with zero attached hydrogens (tertiary/aromatic N) is 4. The minimum Gasteiger partial charge on any atom is -0.316 e. The van der Waals surface area contributed by atoms with Crippen molar-refractivity contribution in [1.29, 1.82) is 0 Å².